The van der Waals surface area contributed by atoms with Crippen molar-refractivity contribution >= 4 is 34.5 Å². The van der Waals surface area contributed by atoms with Gasteiger partial charge in [-0.3, -0.25) is 0 Å². The third-order valence-electron chi connectivity index (χ3n) is 6.06. The Morgan fingerprint density at radius 2 is 1.68 bits per heavy atom. The lowest BCUT2D eigenvalue weighted by atomic mass is 10.0. The predicted molar refractivity (Wildman–Crippen MR) is 120 cm³/mol. The molecule has 0 bridgehead atoms. The van der Waals surface area contributed by atoms with Gasteiger partial charge in [0.25, 0.3) is 0 Å². The number of nitrogens with zero attached hydrogens (tertiary/aromatic N) is 1. The molecule has 0 atom stereocenters. The topological polar surface area (TPSA) is 51.4 Å². The molecular weight excluding hydrogens is 423 g/mol. The number of halogens is 3. The normalized spacial score (nSPS) is 19.4. The van der Waals surface area contributed by atoms with Crippen molar-refractivity contribution in [1.82, 2.24) is 10.6 Å². The van der Waals surface area contributed by atoms with Crippen molar-refractivity contribution in [1.29, 1.82) is 0 Å². The summed E-state index contributed by atoms with van der Waals surface area (Å²) in [7, 11) is 0. The molecule has 5 rings (SSSR count). The molecule has 4 N–H and O–H groups in total. The van der Waals surface area contributed by atoms with E-state index in [1.807, 2.05) is 6.07 Å². The van der Waals surface area contributed by atoms with Crippen LogP contribution in [0.5, 0.6) is 0 Å². The summed E-state index contributed by atoms with van der Waals surface area (Å²) < 4.78 is 40.9. The number of hydrogen-bond acceptors (Lipinski definition) is 6. The van der Waals surface area contributed by atoms with Crippen molar-refractivity contribution in [2.24, 2.45) is 0 Å². The number of alkyl halides is 3. The molecule has 0 saturated carbocycles. The summed E-state index contributed by atoms with van der Waals surface area (Å²) in [5, 5.41) is 13.4. The van der Waals surface area contributed by atoms with Gasteiger partial charge in [-0.25, -0.2) is 0 Å². The first-order valence-electron chi connectivity index (χ1n) is 10.7. The van der Waals surface area contributed by atoms with Crippen molar-refractivity contribution in [3.63, 3.8) is 0 Å². The summed E-state index contributed by atoms with van der Waals surface area (Å²) in [6, 6.07) is 8.88. The van der Waals surface area contributed by atoms with Crippen molar-refractivity contribution < 1.29 is 13.2 Å². The Kier molecular flexibility index (Phi) is 5.66. The van der Waals surface area contributed by atoms with Gasteiger partial charge in [-0.2, -0.15) is 13.2 Å². The minimum Gasteiger partial charge on any atom is -0.380 e. The van der Waals surface area contributed by atoms with Gasteiger partial charge in [-0.1, -0.05) is 11.8 Å². The van der Waals surface area contributed by atoms with Gasteiger partial charge in [-0.05, 0) is 56.3 Å². The van der Waals surface area contributed by atoms with Crippen LogP contribution in [0.25, 0.3) is 0 Å². The number of anilines is 4. The molecule has 0 amide bonds. The van der Waals surface area contributed by atoms with Crippen LogP contribution in [0, 0.1) is 0 Å². The number of fused-ring (bicyclic) bond motifs is 2. The fourth-order valence-electron chi connectivity index (χ4n) is 4.36. The average molecular weight is 450 g/mol. The summed E-state index contributed by atoms with van der Waals surface area (Å²) >= 11 is 1.41. The maximum absolute atomic E-state index is 13.6. The molecule has 0 aromatic heterocycles. The zero-order valence-corrected chi connectivity index (χ0v) is 17.9. The van der Waals surface area contributed by atoms with Crippen LogP contribution in [0.3, 0.4) is 0 Å². The predicted octanol–water partition coefficient (Wildman–Crippen LogP) is 4.49. The maximum Gasteiger partial charge on any atom is 0.416 e. The van der Waals surface area contributed by atoms with Crippen LogP contribution in [0.4, 0.5) is 35.9 Å². The SMILES string of the molecule is FC(F)(F)c1cc(NC2CCNCC2)c2c(c1)Sc1cc(N3CCNCC3)ccc1N2. The number of rotatable bonds is 3. The van der Waals surface area contributed by atoms with E-state index < -0.39 is 11.7 Å². The first-order valence-corrected chi connectivity index (χ1v) is 11.6. The zero-order chi connectivity index (χ0) is 21.4. The van der Waals surface area contributed by atoms with E-state index in [1.54, 1.807) is 0 Å². The third kappa shape index (κ3) is 4.44. The number of piperazine rings is 1. The highest BCUT2D eigenvalue weighted by Crippen LogP contribution is 2.50. The number of nitrogens with one attached hydrogen (secondary N) is 4. The molecule has 0 spiro atoms. The van der Waals surface area contributed by atoms with E-state index in [9.17, 15) is 13.2 Å². The maximum atomic E-state index is 13.6. The molecule has 3 heterocycles. The number of piperidine rings is 1. The highest BCUT2D eigenvalue weighted by molar-refractivity contribution is 7.99. The number of hydrogen-bond donors (Lipinski definition) is 4. The molecular formula is C22H26F3N5S. The van der Waals surface area contributed by atoms with Crippen LogP contribution >= 0.6 is 11.8 Å². The quantitative estimate of drug-likeness (QED) is 0.473. The third-order valence-corrected chi connectivity index (χ3v) is 7.15. The van der Waals surface area contributed by atoms with Gasteiger partial charge in [0, 0.05) is 47.7 Å². The van der Waals surface area contributed by atoms with Crippen molar-refractivity contribution in [3.05, 3.63) is 35.9 Å². The van der Waals surface area contributed by atoms with Crippen LogP contribution in [0.1, 0.15) is 18.4 Å². The fraction of sp³-hybridized carbons (Fsp3) is 0.455. The molecule has 3 aliphatic heterocycles. The molecule has 2 aromatic rings. The standard InChI is InChI=1S/C22H26F3N5S/c23-22(24,25)14-11-18(28-15-3-5-26-6-4-15)21-20(12-14)31-19-13-16(1-2-17(19)29-21)30-9-7-27-8-10-30/h1-2,11-13,15,26-29H,3-10H2. The van der Waals surface area contributed by atoms with Gasteiger partial charge in [-0.15, -0.1) is 0 Å². The zero-order valence-electron chi connectivity index (χ0n) is 17.1. The van der Waals surface area contributed by atoms with E-state index in [0.717, 1.165) is 74.1 Å². The summed E-state index contributed by atoms with van der Waals surface area (Å²) in [4.78, 5) is 3.87. The lowest BCUT2D eigenvalue weighted by Gasteiger charge is -2.32. The monoisotopic (exact) mass is 449 g/mol. The molecule has 166 valence electrons. The van der Waals surface area contributed by atoms with Crippen molar-refractivity contribution in [2.45, 2.75) is 34.9 Å². The summed E-state index contributed by atoms with van der Waals surface area (Å²) in [6.45, 7) is 5.47. The molecule has 2 fully saturated rings. The second kappa shape index (κ2) is 8.44. The fourth-order valence-corrected chi connectivity index (χ4v) is 5.45. The van der Waals surface area contributed by atoms with Gasteiger partial charge in [0.05, 0.1) is 22.6 Å². The highest BCUT2D eigenvalue weighted by atomic mass is 32.2. The van der Waals surface area contributed by atoms with Gasteiger partial charge < -0.3 is 26.2 Å². The van der Waals surface area contributed by atoms with Gasteiger partial charge >= 0.3 is 6.18 Å². The van der Waals surface area contributed by atoms with Gasteiger partial charge in [0.2, 0.25) is 0 Å². The highest BCUT2D eigenvalue weighted by Gasteiger charge is 2.34. The molecule has 9 heteroatoms. The molecule has 5 nitrogen and oxygen atoms in total. The first kappa shape index (κ1) is 20.8. The van der Waals surface area contributed by atoms with Gasteiger partial charge in [0.15, 0.2) is 0 Å². The molecule has 0 unspecified atom stereocenters. The van der Waals surface area contributed by atoms with Crippen molar-refractivity contribution in [3.8, 4) is 0 Å². The van der Waals surface area contributed by atoms with Crippen LogP contribution in [0.2, 0.25) is 0 Å². The first-order chi connectivity index (χ1) is 15.0. The van der Waals surface area contributed by atoms with E-state index >= 15 is 0 Å². The Hall–Kier alpha value is -2.10. The second-order valence-electron chi connectivity index (χ2n) is 8.21. The van der Waals surface area contributed by atoms with Crippen LogP contribution in [-0.4, -0.2) is 45.3 Å². The molecule has 31 heavy (non-hydrogen) atoms. The summed E-state index contributed by atoms with van der Waals surface area (Å²) in [6.07, 6.45) is -2.60. The Morgan fingerprint density at radius 3 is 2.42 bits per heavy atom. The average Bonchev–Trinajstić information content (AvgIpc) is 2.78. The van der Waals surface area contributed by atoms with Crippen LogP contribution in [0.15, 0.2) is 40.1 Å². The Morgan fingerprint density at radius 1 is 0.935 bits per heavy atom. The summed E-state index contributed by atoms with van der Waals surface area (Å²) in [5.41, 5.74) is 2.70. The molecule has 2 saturated heterocycles. The second-order valence-corrected chi connectivity index (χ2v) is 9.29. The lowest BCUT2D eigenvalue weighted by Crippen LogP contribution is -2.43. The summed E-state index contributed by atoms with van der Waals surface area (Å²) in [5.74, 6) is 0. The Bertz CT molecular complexity index is 953. The molecule has 0 aliphatic carbocycles. The molecule has 3 aliphatic rings. The van der Waals surface area contributed by atoms with Crippen LogP contribution in [-0.2, 0) is 6.18 Å². The van der Waals surface area contributed by atoms with Crippen LogP contribution < -0.4 is 26.2 Å². The Balaban J connectivity index is 1.47. The smallest absolute Gasteiger partial charge is 0.380 e. The van der Waals surface area contributed by atoms with E-state index in [-0.39, 0.29) is 6.04 Å². The van der Waals surface area contributed by atoms with E-state index in [4.69, 9.17) is 0 Å². The Labute approximate surface area is 184 Å². The molecule has 2 aromatic carbocycles. The largest absolute Gasteiger partial charge is 0.416 e. The van der Waals surface area contributed by atoms with Gasteiger partial charge in [0.1, 0.15) is 0 Å². The minimum absolute atomic E-state index is 0.164. The lowest BCUT2D eigenvalue weighted by molar-refractivity contribution is -0.137. The van der Waals surface area contributed by atoms with E-state index in [1.165, 1.54) is 23.9 Å². The minimum atomic E-state index is -4.39. The van der Waals surface area contributed by atoms with E-state index in [2.05, 4.69) is 38.3 Å². The number of benzene rings is 2. The van der Waals surface area contributed by atoms with Crippen molar-refractivity contribution in [2.75, 3.05) is 54.8 Å². The van der Waals surface area contributed by atoms with E-state index in [0.29, 0.717) is 10.6 Å². The molecule has 0 radical (unpaired) electrons.